The maximum atomic E-state index is 5.76. The van der Waals surface area contributed by atoms with E-state index < -0.39 is 0 Å². The Morgan fingerprint density at radius 1 is 1.59 bits per heavy atom. The summed E-state index contributed by atoms with van der Waals surface area (Å²) in [6, 6.07) is 0.391. The monoisotopic (exact) mass is 236 g/mol. The van der Waals surface area contributed by atoms with Gasteiger partial charge in [-0.2, -0.15) is 0 Å². The highest BCUT2D eigenvalue weighted by molar-refractivity contribution is 5.35. The van der Waals surface area contributed by atoms with Crippen LogP contribution in [0.25, 0.3) is 0 Å². The van der Waals surface area contributed by atoms with E-state index in [0.29, 0.717) is 19.2 Å². The first-order chi connectivity index (χ1) is 8.26. The van der Waals surface area contributed by atoms with Crippen molar-refractivity contribution in [2.45, 2.75) is 32.4 Å². The van der Waals surface area contributed by atoms with Gasteiger partial charge in [-0.25, -0.2) is 9.97 Å². The van der Waals surface area contributed by atoms with E-state index >= 15 is 0 Å². The zero-order valence-corrected chi connectivity index (χ0v) is 10.5. The van der Waals surface area contributed by atoms with Crippen LogP contribution in [-0.4, -0.2) is 36.2 Å². The molecule has 1 saturated heterocycles. The number of hydrogen-bond acceptors (Lipinski definition) is 5. The van der Waals surface area contributed by atoms with Gasteiger partial charge in [0.2, 0.25) is 5.95 Å². The topological polar surface area (TPSA) is 64.3 Å². The lowest BCUT2D eigenvalue weighted by molar-refractivity contribution is 0.183. The van der Waals surface area contributed by atoms with E-state index in [4.69, 9.17) is 10.5 Å². The van der Waals surface area contributed by atoms with Crippen molar-refractivity contribution in [1.29, 1.82) is 0 Å². The summed E-state index contributed by atoms with van der Waals surface area (Å²) in [7, 11) is 1.68. The minimum absolute atomic E-state index is 0.391. The maximum absolute atomic E-state index is 5.76. The molecule has 2 heterocycles. The summed E-state index contributed by atoms with van der Waals surface area (Å²) in [6.07, 6.45) is 4.16. The Hall–Kier alpha value is -1.20. The number of methoxy groups -OCH3 is 1. The van der Waals surface area contributed by atoms with Gasteiger partial charge in [0, 0.05) is 43.7 Å². The van der Waals surface area contributed by atoms with E-state index in [1.165, 1.54) is 6.42 Å². The fourth-order valence-corrected chi connectivity index (χ4v) is 2.26. The molecule has 2 N–H and O–H groups in total. The molecular formula is C12H20N4O. The summed E-state index contributed by atoms with van der Waals surface area (Å²) in [5, 5.41) is 0. The van der Waals surface area contributed by atoms with Crippen molar-refractivity contribution < 1.29 is 4.74 Å². The molecule has 1 fully saturated rings. The molecule has 94 valence electrons. The van der Waals surface area contributed by atoms with Crippen molar-refractivity contribution in [2.75, 3.05) is 25.1 Å². The molecule has 0 radical (unpaired) electrons. The highest BCUT2D eigenvalue weighted by atomic mass is 16.5. The predicted molar refractivity (Wildman–Crippen MR) is 66.9 cm³/mol. The fourth-order valence-electron chi connectivity index (χ4n) is 2.26. The number of rotatable bonds is 4. The Bertz CT molecular complexity index is 383. The SMILES string of the molecule is COCc1cnc(N2CCCC2CN)nc1C. The molecule has 0 spiro atoms. The van der Waals surface area contributed by atoms with E-state index in [1.807, 2.05) is 13.1 Å². The van der Waals surface area contributed by atoms with Gasteiger partial charge in [-0.15, -0.1) is 0 Å². The Kier molecular flexibility index (Phi) is 3.91. The van der Waals surface area contributed by atoms with Gasteiger partial charge in [0.25, 0.3) is 0 Å². The first-order valence-electron chi connectivity index (χ1n) is 6.04. The fraction of sp³-hybridized carbons (Fsp3) is 0.667. The number of ether oxygens (including phenoxy) is 1. The zero-order chi connectivity index (χ0) is 12.3. The Morgan fingerprint density at radius 2 is 2.41 bits per heavy atom. The maximum Gasteiger partial charge on any atom is 0.225 e. The van der Waals surface area contributed by atoms with Crippen LogP contribution in [0.2, 0.25) is 0 Å². The lowest BCUT2D eigenvalue weighted by Crippen LogP contribution is -2.36. The van der Waals surface area contributed by atoms with Crippen LogP contribution in [0.5, 0.6) is 0 Å². The van der Waals surface area contributed by atoms with Crippen molar-refractivity contribution >= 4 is 5.95 Å². The van der Waals surface area contributed by atoms with Crippen LogP contribution in [0.1, 0.15) is 24.1 Å². The van der Waals surface area contributed by atoms with Gasteiger partial charge in [0.15, 0.2) is 0 Å². The summed E-state index contributed by atoms with van der Waals surface area (Å²) in [5.74, 6) is 0.801. The van der Waals surface area contributed by atoms with Gasteiger partial charge < -0.3 is 15.4 Å². The number of anilines is 1. The molecule has 2 rings (SSSR count). The number of hydrogen-bond donors (Lipinski definition) is 1. The molecular weight excluding hydrogens is 216 g/mol. The van der Waals surface area contributed by atoms with Gasteiger partial charge in [-0.1, -0.05) is 0 Å². The molecule has 5 nitrogen and oxygen atoms in total. The summed E-state index contributed by atoms with van der Waals surface area (Å²) in [4.78, 5) is 11.2. The molecule has 1 aromatic rings. The second-order valence-electron chi connectivity index (χ2n) is 4.44. The van der Waals surface area contributed by atoms with E-state index in [2.05, 4.69) is 14.9 Å². The summed E-state index contributed by atoms with van der Waals surface area (Å²) >= 11 is 0. The van der Waals surface area contributed by atoms with Crippen molar-refractivity contribution in [3.8, 4) is 0 Å². The largest absolute Gasteiger partial charge is 0.380 e. The van der Waals surface area contributed by atoms with Crippen molar-refractivity contribution in [1.82, 2.24) is 9.97 Å². The van der Waals surface area contributed by atoms with E-state index in [9.17, 15) is 0 Å². The summed E-state index contributed by atoms with van der Waals surface area (Å²) in [5.41, 5.74) is 7.79. The van der Waals surface area contributed by atoms with Gasteiger partial charge in [-0.3, -0.25) is 0 Å². The molecule has 5 heteroatoms. The highest BCUT2D eigenvalue weighted by Gasteiger charge is 2.25. The quantitative estimate of drug-likeness (QED) is 0.840. The van der Waals surface area contributed by atoms with Crippen LogP contribution in [0.15, 0.2) is 6.20 Å². The van der Waals surface area contributed by atoms with Crippen LogP contribution in [0.4, 0.5) is 5.95 Å². The summed E-state index contributed by atoms with van der Waals surface area (Å²) in [6.45, 7) is 4.23. The molecule has 1 aliphatic heterocycles. The minimum atomic E-state index is 0.391. The summed E-state index contributed by atoms with van der Waals surface area (Å²) < 4.78 is 5.10. The average Bonchev–Trinajstić information content (AvgIpc) is 2.80. The molecule has 1 aromatic heterocycles. The highest BCUT2D eigenvalue weighted by Crippen LogP contribution is 2.22. The van der Waals surface area contributed by atoms with Crippen LogP contribution in [0, 0.1) is 6.92 Å². The molecule has 0 aliphatic carbocycles. The number of nitrogens with zero attached hydrogens (tertiary/aromatic N) is 3. The Morgan fingerprint density at radius 3 is 3.06 bits per heavy atom. The van der Waals surface area contributed by atoms with Crippen molar-refractivity contribution in [3.63, 3.8) is 0 Å². The zero-order valence-electron chi connectivity index (χ0n) is 10.5. The smallest absolute Gasteiger partial charge is 0.225 e. The van der Waals surface area contributed by atoms with E-state index in [1.54, 1.807) is 7.11 Å². The lowest BCUT2D eigenvalue weighted by atomic mass is 10.2. The lowest BCUT2D eigenvalue weighted by Gasteiger charge is -2.23. The van der Waals surface area contributed by atoms with Crippen LogP contribution < -0.4 is 10.6 Å². The second-order valence-corrected chi connectivity index (χ2v) is 4.44. The third kappa shape index (κ3) is 2.56. The van der Waals surface area contributed by atoms with E-state index in [0.717, 1.165) is 30.2 Å². The molecule has 1 atom stereocenters. The van der Waals surface area contributed by atoms with Crippen molar-refractivity contribution in [2.24, 2.45) is 5.73 Å². The van der Waals surface area contributed by atoms with Crippen LogP contribution in [0.3, 0.4) is 0 Å². The number of nitrogens with two attached hydrogens (primary N) is 1. The molecule has 1 unspecified atom stereocenters. The third-order valence-electron chi connectivity index (χ3n) is 3.27. The molecule has 17 heavy (non-hydrogen) atoms. The van der Waals surface area contributed by atoms with Gasteiger partial charge in [0.05, 0.1) is 6.61 Å². The van der Waals surface area contributed by atoms with Gasteiger partial charge in [0.1, 0.15) is 0 Å². The molecule has 0 aromatic carbocycles. The number of aromatic nitrogens is 2. The molecule has 0 amide bonds. The Labute approximate surface area is 102 Å². The standard InChI is InChI=1S/C12H20N4O/c1-9-10(8-17-2)7-14-12(15-9)16-5-3-4-11(16)6-13/h7,11H,3-6,8,13H2,1-2H3. The second kappa shape index (κ2) is 5.42. The van der Waals surface area contributed by atoms with Gasteiger partial charge in [-0.05, 0) is 19.8 Å². The van der Waals surface area contributed by atoms with Crippen LogP contribution in [-0.2, 0) is 11.3 Å². The first kappa shape index (κ1) is 12.3. The molecule has 0 bridgehead atoms. The normalized spacial score (nSPS) is 19.9. The molecule has 1 aliphatic rings. The van der Waals surface area contributed by atoms with Gasteiger partial charge >= 0.3 is 0 Å². The predicted octanol–water partition coefficient (Wildman–Crippen LogP) is 0.859. The Balaban J connectivity index is 2.19. The van der Waals surface area contributed by atoms with Crippen molar-refractivity contribution in [3.05, 3.63) is 17.5 Å². The minimum Gasteiger partial charge on any atom is -0.380 e. The van der Waals surface area contributed by atoms with Crippen LogP contribution >= 0.6 is 0 Å². The van der Waals surface area contributed by atoms with E-state index in [-0.39, 0.29) is 0 Å². The third-order valence-corrected chi connectivity index (χ3v) is 3.27. The molecule has 0 saturated carbocycles. The first-order valence-corrected chi connectivity index (χ1v) is 6.04. The average molecular weight is 236 g/mol. The number of aryl methyl sites for hydroxylation is 1.